The van der Waals surface area contributed by atoms with Crippen LogP contribution in [0, 0.1) is 0 Å². The molecule has 0 bridgehead atoms. The summed E-state index contributed by atoms with van der Waals surface area (Å²) in [6.45, 7) is 18.9. The van der Waals surface area contributed by atoms with E-state index in [0.29, 0.717) is 5.88 Å². The zero-order valence-corrected chi connectivity index (χ0v) is 18.6. The second kappa shape index (κ2) is 7.13. The van der Waals surface area contributed by atoms with Gasteiger partial charge in [0.15, 0.2) is 0 Å². The highest BCUT2D eigenvalue weighted by atomic mass is 32.1. The largest absolute Gasteiger partial charge is 0.471 e. The van der Waals surface area contributed by atoms with Gasteiger partial charge in [0.05, 0.1) is 11.7 Å². The number of piperazine rings is 1. The normalized spacial score (nSPS) is 25.0. The Morgan fingerprint density at radius 1 is 1.00 bits per heavy atom. The van der Waals surface area contributed by atoms with Crippen molar-refractivity contribution in [2.75, 3.05) is 31.1 Å². The van der Waals surface area contributed by atoms with Crippen LogP contribution in [0.25, 0.3) is 0 Å². The first-order chi connectivity index (χ1) is 12.4. The molecular formula is C19H35N5O2S. The lowest BCUT2D eigenvalue weighted by molar-refractivity contribution is -0.255. The summed E-state index contributed by atoms with van der Waals surface area (Å²) in [4.78, 5) is 4.80. The number of rotatable bonds is 3. The first kappa shape index (κ1) is 20.8. The van der Waals surface area contributed by atoms with Gasteiger partial charge in [-0.1, -0.05) is 0 Å². The van der Waals surface area contributed by atoms with Gasteiger partial charge in [0, 0.05) is 55.6 Å². The van der Waals surface area contributed by atoms with Crippen molar-refractivity contribution >= 4 is 17.5 Å². The van der Waals surface area contributed by atoms with E-state index in [1.54, 1.807) is 0 Å². The van der Waals surface area contributed by atoms with E-state index >= 15 is 0 Å². The van der Waals surface area contributed by atoms with Gasteiger partial charge in [-0.25, -0.2) is 0 Å². The molecular weight excluding hydrogens is 362 g/mol. The molecule has 0 atom stereocenters. The van der Waals surface area contributed by atoms with Crippen LogP contribution in [0.5, 0.6) is 5.88 Å². The Hall–Kier alpha value is -0.960. The van der Waals surface area contributed by atoms with Crippen molar-refractivity contribution in [2.24, 2.45) is 0 Å². The van der Waals surface area contributed by atoms with Crippen LogP contribution in [-0.2, 0) is 0 Å². The fourth-order valence-electron chi connectivity index (χ4n) is 4.45. The quantitative estimate of drug-likeness (QED) is 0.840. The maximum atomic E-state index is 10.5. The van der Waals surface area contributed by atoms with E-state index in [1.165, 1.54) is 16.8 Å². The molecule has 1 N–H and O–H groups in total. The fraction of sp³-hybridized carbons (Fsp3) is 0.895. The van der Waals surface area contributed by atoms with E-state index < -0.39 is 0 Å². The highest BCUT2D eigenvalue weighted by Crippen LogP contribution is 2.39. The van der Waals surface area contributed by atoms with Crippen molar-refractivity contribution in [3.63, 3.8) is 0 Å². The Labute approximate surface area is 167 Å². The number of nitrogens with zero attached hydrogens (tertiary/aromatic N) is 5. The Morgan fingerprint density at radius 2 is 1.56 bits per heavy atom. The molecule has 0 amide bonds. The van der Waals surface area contributed by atoms with Crippen LogP contribution in [0.3, 0.4) is 0 Å². The van der Waals surface area contributed by atoms with E-state index in [9.17, 15) is 5.21 Å². The molecule has 2 fully saturated rings. The molecule has 2 saturated heterocycles. The lowest BCUT2D eigenvalue weighted by Gasteiger charge is -2.51. The Bertz CT molecular complexity index is 629. The van der Waals surface area contributed by atoms with Gasteiger partial charge in [0.25, 0.3) is 5.88 Å². The second-order valence-electron chi connectivity index (χ2n) is 10.1. The van der Waals surface area contributed by atoms with E-state index in [2.05, 4.69) is 67.0 Å². The Kier molecular flexibility index (Phi) is 5.49. The van der Waals surface area contributed by atoms with E-state index in [-0.39, 0.29) is 22.7 Å². The summed E-state index contributed by atoms with van der Waals surface area (Å²) in [5, 5.41) is 12.0. The third-order valence-corrected chi connectivity index (χ3v) is 6.35. The minimum absolute atomic E-state index is 0.0110. The van der Waals surface area contributed by atoms with Crippen molar-refractivity contribution in [3.8, 4) is 5.88 Å². The summed E-state index contributed by atoms with van der Waals surface area (Å²) < 4.78 is 15.3. The average Bonchev–Trinajstić information content (AvgIpc) is 2.99. The third kappa shape index (κ3) is 4.39. The van der Waals surface area contributed by atoms with Crippen LogP contribution < -0.4 is 9.64 Å². The summed E-state index contributed by atoms with van der Waals surface area (Å²) in [7, 11) is 0. The highest BCUT2D eigenvalue weighted by molar-refractivity contribution is 6.99. The Morgan fingerprint density at radius 3 is 2.07 bits per heavy atom. The third-order valence-electron chi connectivity index (χ3n) is 5.85. The summed E-state index contributed by atoms with van der Waals surface area (Å²) in [5.41, 5.74) is -0.482. The maximum absolute atomic E-state index is 10.5. The molecule has 7 nitrogen and oxygen atoms in total. The highest BCUT2D eigenvalue weighted by Gasteiger charge is 2.46. The van der Waals surface area contributed by atoms with E-state index in [1.807, 2.05) is 0 Å². The first-order valence-corrected chi connectivity index (χ1v) is 10.6. The van der Waals surface area contributed by atoms with Crippen LogP contribution >= 0.6 is 11.7 Å². The molecule has 1 aromatic heterocycles. The van der Waals surface area contributed by atoms with Gasteiger partial charge in [0.1, 0.15) is 6.10 Å². The van der Waals surface area contributed by atoms with Gasteiger partial charge in [-0.05, 0) is 48.5 Å². The molecule has 27 heavy (non-hydrogen) atoms. The van der Waals surface area contributed by atoms with Crippen molar-refractivity contribution in [3.05, 3.63) is 0 Å². The molecule has 1 aromatic rings. The molecule has 0 aromatic carbocycles. The summed E-state index contributed by atoms with van der Waals surface area (Å²) in [5.74, 6) is 1.52. The topological polar surface area (TPSA) is 65.0 Å². The molecule has 0 saturated carbocycles. The maximum Gasteiger partial charge on any atom is 0.271 e. The molecule has 0 unspecified atom stereocenters. The van der Waals surface area contributed by atoms with Crippen LogP contribution in [-0.4, -0.2) is 72.8 Å². The monoisotopic (exact) mass is 397 g/mol. The van der Waals surface area contributed by atoms with Crippen LogP contribution in [0.2, 0.25) is 0 Å². The predicted molar refractivity (Wildman–Crippen MR) is 109 cm³/mol. The zero-order chi connectivity index (χ0) is 20.0. The van der Waals surface area contributed by atoms with Gasteiger partial charge in [-0.3, -0.25) is 4.90 Å². The lowest BCUT2D eigenvalue weighted by Crippen LogP contribution is -2.61. The van der Waals surface area contributed by atoms with Crippen molar-refractivity contribution in [1.82, 2.24) is 18.7 Å². The minimum atomic E-state index is -0.339. The minimum Gasteiger partial charge on any atom is -0.471 e. The Balaban J connectivity index is 1.68. The predicted octanol–water partition coefficient (Wildman–Crippen LogP) is 3.25. The zero-order valence-electron chi connectivity index (χ0n) is 17.8. The molecule has 0 aliphatic carbocycles. The fourth-order valence-corrected chi connectivity index (χ4v) is 4.96. The van der Waals surface area contributed by atoms with Crippen LogP contribution in [0.1, 0.15) is 61.3 Å². The van der Waals surface area contributed by atoms with Gasteiger partial charge in [-0.15, -0.1) is 4.37 Å². The number of aromatic nitrogens is 2. The van der Waals surface area contributed by atoms with Gasteiger partial charge in [-0.2, -0.15) is 9.44 Å². The number of hydrogen-bond donors (Lipinski definition) is 1. The number of piperidine rings is 1. The second-order valence-corrected chi connectivity index (χ2v) is 10.7. The van der Waals surface area contributed by atoms with E-state index in [0.717, 1.165) is 44.8 Å². The number of ether oxygens (including phenoxy) is 1. The number of anilines is 1. The summed E-state index contributed by atoms with van der Waals surface area (Å²) in [6, 6.07) is 0. The SMILES string of the molecule is CC(C)(C)N1CCN(c2nsnc2OC2CC(C)(C)N(O)C(C)(C)C2)CC1. The van der Waals surface area contributed by atoms with Crippen molar-refractivity contribution in [2.45, 2.75) is 84.0 Å². The van der Waals surface area contributed by atoms with Crippen molar-refractivity contribution in [1.29, 1.82) is 0 Å². The summed E-state index contributed by atoms with van der Waals surface area (Å²) in [6.07, 6.45) is 1.51. The number of hydrogen-bond acceptors (Lipinski definition) is 8. The molecule has 0 radical (unpaired) electrons. The van der Waals surface area contributed by atoms with Gasteiger partial charge < -0.3 is 14.8 Å². The molecule has 2 aliphatic heterocycles. The van der Waals surface area contributed by atoms with E-state index in [4.69, 9.17) is 4.74 Å². The van der Waals surface area contributed by atoms with Crippen LogP contribution in [0.15, 0.2) is 0 Å². The van der Waals surface area contributed by atoms with Gasteiger partial charge >= 0.3 is 0 Å². The molecule has 0 spiro atoms. The standard InChI is InChI=1S/C19H35N5O2S/c1-17(2,3)23-10-8-22(9-11-23)15-16(21-27-20-15)26-14-12-18(4,5)24(25)19(6,7)13-14/h14,25H,8-13H2,1-7H3. The first-order valence-electron chi connectivity index (χ1n) is 9.89. The lowest BCUT2D eigenvalue weighted by atomic mass is 9.80. The number of hydroxylamine groups is 2. The molecule has 2 aliphatic rings. The molecule has 154 valence electrons. The average molecular weight is 398 g/mol. The smallest absolute Gasteiger partial charge is 0.271 e. The molecule has 3 rings (SSSR count). The molecule has 8 heteroatoms. The molecule has 3 heterocycles. The van der Waals surface area contributed by atoms with Crippen molar-refractivity contribution < 1.29 is 9.94 Å². The van der Waals surface area contributed by atoms with Crippen LogP contribution in [0.4, 0.5) is 5.82 Å². The summed E-state index contributed by atoms with van der Waals surface area (Å²) >= 11 is 1.22. The van der Waals surface area contributed by atoms with Gasteiger partial charge in [0.2, 0.25) is 5.82 Å².